The second kappa shape index (κ2) is 7.83. The van der Waals surface area contributed by atoms with E-state index in [9.17, 15) is 18.0 Å². The molecular formula is C24H20F3N3O. The van der Waals surface area contributed by atoms with Crippen LogP contribution >= 0.6 is 0 Å². The summed E-state index contributed by atoms with van der Waals surface area (Å²) in [6.07, 6.45) is -4.63. The summed E-state index contributed by atoms with van der Waals surface area (Å²) in [5.41, 5.74) is 8.41. The summed E-state index contributed by atoms with van der Waals surface area (Å²) in [5, 5.41) is 3.01. The van der Waals surface area contributed by atoms with Gasteiger partial charge in [0.15, 0.2) is 0 Å². The Morgan fingerprint density at radius 3 is 2.10 bits per heavy atom. The molecule has 31 heavy (non-hydrogen) atoms. The molecule has 1 aromatic heterocycles. The summed E-state index contributed by atoms with van der Waals surface area (Å²) in [7, 11) is 1.85. The molecule has 0 saturated carbocycles. The van der Waals surface area contributed by atoms with Gasteiger partial charge in [-0.05, 0) is 41.0 Å². The zero-order valence-electron chi connectivity index (χ0n) is 16.7. The maximum atomic E-state index is 13.4. The number of nitrogen functional groups attached to an aromatic ring is 1. The Morgan fingerprint density at radius 1 is 0.903 bits per heavy atom. The number of alkyl halides is 3. The largest absolute Gasteiger partial charge is 0.417 e. The minimum atomic E-state index is -4.63. The van der Waals surface area contributed by atoms with Gasteiger partial charge in [-0.25, -0.2) is 0 Å². The van der Waals surface area contributed by atoms with Crippen LogP contribution in [-0.2, 0) is 12.7 Å². The zero-order valence-corrected chi connectivity index (χ0v) is 16.7. The molecule has 0 aliphatic carbocycles. The van der Waals surface area contributed by atoms with Crippen molar-refractivity contribution in [2.24, 2.45) is 0 Å². The Balaban J connectivity index is 1.72. The molecule has 158 valence electrons. The van der Waals surface area contributed by atoms with Crippen LogP contribution in [0.2, 0.25) is 0 Å². The number of anilines is 2. The molecule has 3 N–H and O–H groups in total. The number of pyridine rings is 1. The van der Waals surface area contributed by atoms with Gasteiger partial charge < -0.3 is 15.6 Å². The van der Waals surface area contributed by atoms with Crippen LogP contribution < -0.4 is 16.6 Å². The highest BCUT2D eigenvalue weighted by molar-refractivity contribution is 5.86. The highest BCUT2D eigenvalue weighted by atomic mass is 19.4. The van der Waals surface area contributed by atoms with Crippen LogP contribution in [0.25, 0.3) is 22.0 Å². The van der Waals surface area contributed by atoms with Crippen molar-refractivity contribution in [3.05, 3.63) is 94.3 Å². The Bertz CT molecular complexity index is 1290. The van der Waals surface area contributed by atoms with Gasteiger partial charge in [0.2, 0.25) is 0 Å². The first-order valence-electron chi connectivity index (χ1n) is 9.63. The van der Waals surface area contributed by atoms with Crippen molar-refractivity contribution in [3.63, 3.8) is 0 Å². The normalized spacial score (nSPS) is 11.6. The van der Waals surface area contributed by atoms with Gasteiger partial charge in [0.05, 0.1) is 17.6 Å². The third-order valence-corrected chi connectivity index (χ3v) is 5.24. The van der Waals surface area contributed by atoms with Crippen LogP contribution in [0.5, 0.6) is 0 Å². The number of nitrogens with two attached hydrogens (primary N) is 1. The number of benzene rings is 3. The average Bonchev–Trinajstić information content (AvgIpc) is 2.75. The lowest BCUT2D eigenvalue weighted by Crippen LogP contribution is -2.23. The van der Waals surface area contributed by atoms with E-state index in [2.05, 4.69) is 5.32 Å². The van der Waals surface area contributed by atoms with Gasteiger partial charge in [0.25, 0.3) is 5.56 Å². The molecular weight excluding hydrogens is 403 g/mol. The van der Waals surface area contributed by atoms with Gasteiger partial charge in [-0.2, -0.15) is 13.2 Å². The van der Waals surface area contributed by atoms with Crippen molar-refractivity contribution in [1.29, 1.82) is 0 Å². The number of hydrogen-bond acceptors (Lipinski definition) is 3. The fraction of sp³-hybridized carbons (Fsp3) is 0.125. The Kier molecular flexibility index (Phi) is 5.19. The molecule has 1 heterocycles. The Morgan fingerprint density at radius 2 is 1.52 bits per heavy atom. The maximum Gasteiger partial charge on any atom is 0.417 e. The van der Waals surface area contributed by atoms with Crippen LogP contribution in [0.15, 0.2) is 77.6 Å². The lowest BCUT2D eigenvalue weighted by atomic mass is 10.0. The molecule has 0 fully saturated rings. The highest BCUT2D eigenvalue weighted by Crippen LogP contribution is 2.34. The molecule has 0 unspecified atom stereocenters. The average molecular weight is 423 g/mol. The number of hydrogen-bond donors (Lipinski definition) is 2. The lowest BCUT2D eigenvalue weighted by molar-refractivity contribution is -0.136. The Labute approximate surface area is 176 Å². The van der Waals surface area contributed by atoms with Crippen molar-refractivity contribution >= 4 is 22.3 Å². The van der Waals surface area contributed by atoms with Crippen molar-refractivity contribution in [1.82, 2.24) is 4.57 Å². The Hall–Kier alpha value is -3.74. The van der Waals surface area contributed by atoms with E-state index in [1.165, 1.54) is 22.8 Å². The van der Waals surface area contributed by atoms with Gasteiger partial charge in [0, 0.05) is 29.9 Å². The van der Waals surface area contributed by atoms with Gasteiger partial charge in [0.1, 0.15) is 0 Å². The SMILES string of the molecule is CNc1ccc(-c2ccc(Cn3c(=O)cc(C(F)(F)F)c4ccc(N)cc43)cc2)cc1. The van der Waals surface area contributed by atoms with E-state index < -0.39 is 17.3 Å². The molecule has 0 aliphatic heterocycles. The first-order chi connectivity index (χ1) is 14.8. The van der Waals surface area contributed by atoms with Crippen LogP contribution in [0.1, 0.15) is 11.1 Å². The summed E-state index contributed by atoms with van der Waals surface area (Å²) in [5.74, 6) is 0. The summed E-state index contributed by atoms with van der Waals surface area (Å²) >= 11 is 0. The number of fused-ring (bicyclic) bond motifs is 1. The minimum absolute atomic E-state index is 0.0532. The van der Waals surface area contributed by atoms with E-state index >= 15 is 0 Å². The fourth-order valence-corrected chi connectivity index (χ4v) is 3.61. The van der Waals surface area contributed by atoms with Gasteiger partial charge in [-0.15, -0.1) is 0 Å². The summed E-state index contributed by atoms with van der Waals surface area (Å²) in [6, 6.07) is 20.3. The van der Waals surface area contributed by atoms with Crippen molar-refractivity contribution in [2.45, 2.75) is 12.7 Å². The minimum Gasteiger partial charge on any atom is -0.399 e. The molecule has 0 atom stereocenters. The van der Waals surface area contributed by atoms with Crippen LogP contribution in [0.4, 0.5) is 24.5 Å². The van der Waals surface area contributed by atoms with E-state index in [1.807, 2.05) is 55.6 Å². The number of aromatic nitrogens is 1. The molecule has 3 aromatic carbocycles. The van der Waals surface area contributed by atoms with E-state index in [0.29, 0.717) is 11.8 Å². The predicted octanol–water partition coefficient (Wildman–Crippen LogP) is 5.36. The van der Waals surface area contributed by atoms with E-state index in [1.54, 1.807) is 0 Å². The number of nitrogens with zero attached hydrogens (tertiary/aromatic N) is 1. The summed E-state index contributed by atoms with van der Waals surface area (Å²) in [4.78, 5) is 12.6. The molecule has 7 heteroatoms. The van der Waals surface area contributed by atoms with Gasteiger partial charge in [-0.3, -0.25) is 4.79 Å². The number of nitrogens with one attached hydrogen (secondary N) is 1. The highest BCUT2D eigenvalue weighted by Gasteiger charge is 2.33. The van der Waals surface area contributed by atoms with Crippen LogP contribution in [0, 0.1) is 0 Å². The van der Waals surface area contributed by atoms with E-state index in [-0.39, 0.29) is 17.4 Å². The second-order valence-electron chi connectivity index (χ2n) is 7.28. The topological polar surface area (TPSA) is 60.0 Å². The predicted molar refractivity (Wildman–Crippen MR) is 118 cm³/mol. The first-order valence-corrected chi connectivity index (χ1v) is 9.63. The zero-order chi connectivity index (χ0) is 22.2. The molecule has 0 radical (unpaired) electrons. The quantitative estimate of drug-likeness (QED) is 0.435. The molecule has 0 bridgehead atoms. The van der Waals surface area contributed by atoms with Gasteiger partial charge >= 0.3 is 6.18 Å². The molecule has 0 saturated heterocycles. The molecule has 4 rings (SSSR count). The number of rotatable bonds is 4. The smallest absolute Gasteiger partial charge is 0.399 e. The first kappa shape index (κ1) is 20.5. The third-order valence-electron chi connectivity index (χ3n) is 5.24. The summed E-state index contributed by atoms with van der Waals surface area (Å²) in [6.45, 7) is 0.135. The standard InChI is InChI=1S/C24H20F3N3O/c1-29-19-9-6-17(7-10-19)16-4-2-15(3-5-16)14-30-22-12-18(28)8-11-20(22)21(13-23(30)31)24(25,26)27/h2-13,29H,14,28H2,1H3. The van der Waals surface area contributed by atoms with E-state index in [4.69, 9.17) is 5.73 Å². The maximum absolute atomic E-state index is 13.4. The van der Waals surface area contributed by atoms with Crippen molar-refractivity contribution < 1.29 is 13.2 Å². The lowest BCUT2D eigenvalue weighted by Gasteiger charge is -2.16. The molecule has 0 aliphatic rings. The monoisotopic (exact) mass is 423 g/mol. The molecule has 4 nitrogen and oxygen atoms in total. The summed E-state index contributed by atoms with van der Waals surface area (Å²) < 4.78 is 41.6. The van der Waals surface area contributed by atoms with Crippen molar-refractivity contribution in [2.75, 3.05) is 18.1 Å². The molecule has 0 spiro atoms. The molecule has 4 aromatic rings. The third kappa shape index (κ3) is 4.12. The van der Waals surface area contributed by atoms with Crippen molar-refractivity contribution in [3.8, 4) is 11.1 Å². The van der Waals surface area contributed by atoms with E-state index in [0.717, 1.165) is 22.4 Å². The van der Waals surface area contributed by atoms with Crippen LogP contribution in [-0.4, -0.2) is 11.6 Å². The number of halogens is 3. The molecule has 0 amide bonds. The van der Waals surface area contributed by atoms with Gasteiger partial charge in [-0.1, -0.05) is 42.5 Å². The second-order valence-corrected chi connectivity index (χ2v) is 7.28. The fourth-order valence-electron chi connectivity index (χ4n) is 3.61. The van der Waals surface area contributed by atoms with Crippen LogP contribution in [0.3, 0.4) is 0 Å².